The molecule has 2 aliphatic heterocycles. The Hall–Kier alpha value is -3.83. The maximum absolute atomic E-state index is 14.7. The highest BCUT2D eigenvalue weighted by Gasteiger charge is 2.76. The van der Waals surface area contributed by atoms with Crippen molar-refractivity contribution >= 4 is 58.5 Å². The van der Waals surface area contributed by atoms with Gasteiger partial charge in [-0.25, -0.2) is 13.7 Å². The molecule has 2 heterocycles. The number of carbonyl (C=O) groups is 5. The summed E-state index contributed by atoms with van der Waals surface area (Å²) in [6, 6.07) is 7.95. The second-order valence-corrected chi connectivity index (χ2v) is 12.5. The van der Waals surface area contributed by atoms with E-state index < -0.39 is 80.4 Å². The van der Waals surface area contributed by atoms with Crippen LogP contribution in [0.5, 0.6) is 5.75 Å². The lowest BCUT2D eigenvalue weighted by molar-refractivity contribution is -0.142. The van der Waals surface area contributed by atoms with Crippen LogP contribution < -0.4 is 4.90 Å². The van der Waals surface area contributed by atoms with Crippen molar-refractivity contribution < 1.29 is 43.0 Å². The molecule has 2 aromatic carbocycles. The smallest absolute Gasteiger partial charge is 0.303 e. The number of carbonyl (C=O) groups excluding carboxylic acids is 4. The second kappa shape index (κ2) is 10.1. The summed E-state index contributed by atoms with van der Waals surface area (Å²) in [6.45, 7) is -0.104. The largest absolute Gasteiger partial charge is 0.505 e. The standard InChI is InChI=1S/C30H24Cl2F2N2O7/c31-29-13-19-17(8-9-18-23(19)26(41)35(25(18)40)11-1-2-22(38)39)24(14-3-10-21(37)20(34)12-14)30(29,32)28(43)36(27(29)42)16-6-4-15(33)5-7-16/h3-8,10,12,18-19,23-24,37H,1-2,9,11,13H2,(H,38,39)/t18-,19+,23-,24-,29+,30-/m0/s1. The van der Waals surface area contributed by atoms with Gasteiger partial charge in [-0.3, -0.25) is 28.9 Å². The number of phenolic OH excluding ortho intramolecular Hbond substituents is 1. The Kier molecular flexibility index (Phi) is 6.89. The van der Waals surface area contributed by atoms with Crippen LogP contribution in [0.1, 0.15) is 37.2 Å². The molecule has 1 saturated carbocycles. The summed E-state index contributed by atoms with van der Waals surface area (Å²) < 4.78 is 28.5. The number of alkyl halides is 2. The van der Waals surface area contributed by atoms with Gasteiger partial charge in [0, 0.05) is 18.9 Å². The fraction of sp³-hybridized carbons (Fsp3) is 0.367. The Morgan fingerprint density at radius 1 is 0.977 bits per heavy atom. The number of benzene rings is 2. The number of imide groups is 2. The number of aromatic hydroxyl groups is 1. The third-order valence-electron chi connectivity index (χ3n) is 9.06. The topological polar surface area (TPSA) is 132 Å². The molecule has 43 heavy (non-hydrogen) atoms. The van der Waals surface area contributed by atoms with Gasteiger partial charge in [0.25, 0.3) is 11.8 Å². The molecule has 0 spiro atoms. The van der Waals surface area contributed by atoms with Gasteiger partial charge in [0.1, 0.15) is 5.82 Å². The zero-order valence-corrected chi connectivity index (χ0v) is 23.8. The Labute approximate surface area is 253 Å². The Bertz CT molecular complexity index is 1630. The molecule has 2 N–H and O–H groups in total. The fourth-order valence-corrected chi connectivity index (χ4v) is 8.08. The molecule has 2 saturated heterocycles. The summed E-state index contributed by atoms with van der Waals surface area (Å²) in [5, 5.41) is 18.9. The number of amides is 4. The first kappa shape index (κ1) is 29.3. The van der Waals surface area contributed by atoms with Crippen molar-refractivity contribution in [2.75, 3.05) is 11.4 Å². The molecule has 4 amide bonds. The lowest BCUT2D eigenvalue weighted by Crippen LogP contribution is -2.60. The van der Waals surface area contributed by atoms with E-state index in [9.17, 15) is 37.9 Å². The zero-order chi connectivity index (χ0) is 31.0. The quantitative estimate of drug-likeness (QED) is 0.278. The molecule has 13 heteroatoms. The summed E-state index contributed by atoms with van der Waals surface area (Å²) in [7, 11) is 0. The minimum Gasteiger partial charge on any atom is -0.505 e. The number of likely N-dealkylation sites (tertiary alicyclic amines) is 1. The number of nitrogens with zero attached hydrogens (tertiary/aromatic N) is 2. The maximum atomic E-state index is 14.7. The normalized spacial score (nSPS) is 31.6. The molecule has 6 atom stereocenters. The number of phenols is 1. The van der Waals surface area contributed by atoms with Gasteiger partial charge in [-0.2, -0.15) is 0 Å². The van der Waals surface area contributed by atoms with Gasteiger partial charge in [0.2, 0.25) is 11.8 Å². The lowest BCUT2D eigenvalue weighted by atomic mass is 9.56. The van der Waals surface area contributed by atoms with Gasteiger partial charge in [0.05, 0.1) is 17.5 Å². The number of allylic oxidation sites excluding steroid dienone is 2. The predicted molar refractivity (Wildman–Crippen MR) is 148 cm³/mol. The Morgan fingerprint density at radius 3 is 2.33 bits per heavy atom. The Balaban J connectivity index is 1.49. The first-order valence-corrected chi connectivity index (χ1v) is 14.3. The van der Waals surface area contributed by atoms with Crippen molar-refractivity contribution in [1.82, 2.24) is 4.90 Å². The van der Waals surface area contributed by atoms with Crippen molar-refractivity contribution in [2.24, 2.45) is 17.8 Å². The second-order valence-electron chi connectivity index (χ2n) is 11.3. The number of hydrogen-bond donors (Lipinski definition) is 2. The van der Waals surface area contributed by atoms with Crippen LogP contribution >= 0.6 is 23.2 Å². The highest BCUT2D eigenvalue weighted by molar-refractivity contribution is 6.58. The van der Waals surface area contributed by atoms with Crippen LogP contribution in [0.4, 0.5) is 14.5 Å². The van der Waals surface area contributed by atoms with E-state index in [0.717, 1.165) is 34.1 Å². The van der Waals surface area contributed by atoms with E-state index in [1.807, 2.05) is 0 Å². The summed E-state index contributed by atoms with van der Waals surface area (Å²) in [4.78, 5) is 63.7. The van der Waals surface area contributed by atoms with Crippen molar-refractivity contribution in [3.05, 3.63) is 71.3 Å². The number of carboxylic acid groups (broad SMARTS) is 1. The molecule has 0 bridgehead atoms. The van der Waals surface area contributed by atoms with Crippen LogP contribution in [-0.2, 0) is 24.0 Å². The average molecular weight is 633 g/mol. The molecule has 2 aromatic rings. The summed E-state index contributed by atoms with van der Waals surface area (Å²) in [5.41, 5.74) is 0.545. The van der Waals surface area contributed by atoms with Crippen LogP contribution in [0.25, 0.3) is 0 Å². The van der Waals surface area contributed by atoms with Gasteiger partial charge in [-0.15, -0.1) is 23.2 Å². The molecule has 0 unspecified atom stereocenters. The molecular weight excluding hydrogens is 609 g/mol. The third-order valence-corrected chi connectivity index (χ3v) is 10.5. The average Bonchev–Trinajstić information content (AvgIpc) is 3.29. The van der Waals surface area contributed by atoms with E-state index in [-0.39, 0.29) is 43.5 Å². The van der Waals surface area contributed by atoms with Crippen molar-refractivity contribution in [1.29, 1.82) is 0 Å². The van der Waals surface area contributed by atoms with Crippen molar-refractivity contribution in [3.63, 3.8) is 0 Å². The fourth-order valence-electron chi connectivity index (χ4n) is 7.15. The van der Waals surface area contributed by atoms with Crippen LogP contribution in [-0.4, -0.2) is 61.0 Å². The molecule has 0 radical (unpaired) electrons. The number of fused-ring (bicyclic) bond motifs is 4. The van der Waals surface area contributed by atoms with Gasteiger partial charge in [-0.05, 0) is 67.1 Å². The van der Waals surface area contributed by atoms with Crippen LogP contribution in [0, 0.1) is 29.4 Å². The number of carboxylic acids is 1. The SMILES string of the molecule is O=C(O)CCCN1C(=O)[C@H]2[C@H](CC=C3[C@H]2C[C@@]2(Cl)C(=O)N(c4ccc(F)cc4)C(=O)[C@@]2(Cl)[C@H]3c2ccc(O)c(F)c2)C1=O. The molecule has 224 valence electrons. The lowest BCUT2D eigenvalue weighted by Gasteiger charge is -2.50. The molecule has 3 fully saturated rings. The summed E-state index contributed by atoms with van der Waals surface area (Å²) >= 11 is 14.4. The Morgan fingerprint density at radius 2 is 1.67 bits per heavy atom. The van der Waals surface area contributed by atoms with Crippen molar-refractivity contribution in [2.45, 2.75) is 41.3 Å². The van der Waals surface area contributed by atoms with Gasteiger partial charge < -0.3 is 10.2 Å². The summed E-state index contributed by atoms with van der Waals surface area (Å²) in [5.74, 6) is -10.2. The molecule has 2 aliphatic carbocycles. The minimum atomic E-state index is -2.23. The first-order valence-electron chi connectivity index (χ1n) is 13.6. The molecule has 6 rings (SSSR count). The van der Waals surface area contributed by atoms with E-state index >= 15 is 0 Å². The van der Waals surface area contributed by atoms with E-state index in [2.05, 4.69) is 0 Å². The van der Waals surface area contributed by atoms with Gasteiger partial charge >= 0.3 is 5.97 Å². The number of rotatable bonds is 6. The third kappa shape index (κ3) is 4.11. The van der Waals surface area contributed by atoms with E-state index in [1.54, 1.807) is 6.08 Å². The zero-order valence-electron chi connectivity index (χ0n) is 22.3. The van der Waals surface area contributed by atoms with Gasteiger partial charge in [-0.1, -0.05) is 17.7 Å². The van der Waals surface area contributed by atoms with Gasteiger partial charge in [0.15, 0.2) is 21.3 Å². The van der Waals surface area contributed by atoms with E-state index in [1.165, 1.54) is 18.2 Å². The summed E-state index contributed by atoms with van der Waals surface area (Å²) in [6.07, 6.45) is 1.25. The van der Waals surface area contributed by atoms with Crippen LogP contribution in [0.15, 0.2) is 54.1 Å². The first-order chi connectivity index (χ1) is 20.3. The predicted octanol–water partition coefficient (Wildman–Crippen LogP) is 4.10. The molecule has 0 aromatic heterocycles. The number of aliphatic carboxylic acids is 1. The van der Waals surface area contributed by atoms with E-state index in [0.29, 0.717) is 5.57 Å². The molecular formula is C30H24Cl2F2N2O7. The van der Waals surface area contributed by atoms with Crippen LogP contribution in [0.2, 0.25) is 0 Å². The highest BCUT2D eigenvalue weighted by Crippen LogP contribution is 2.65. The van der Waals surface area contributed by atoms with Crippen molar-refractivity contribution in [3.8, 4) is 5.75 Å². The minimum absolute atomic E-state index is 0.00745. The monoisotopic (exact) mass is 632 g/mol. The molecule has 9 nitrogen and oxygen atoms in total. The highest BCUT2D eigenvalue weighted by atomic mass is 35.5. The number of anilines is 1. The van der Waals surface area contributed by atoms with Crippen LogP contribution in [0.3, 0.4) is 0 Å². The maximum Gasteiger partial charge on any atom is 0.303 e. The number of hydrogen-bond acceptors (Lipinski definition) is 6. The molecule has 4 aliphatic rings. The number of halogens is 4. The van der Waals surface area contributed by atoms with E-state index in [4.69, 9.17) is 28.3 Å².